The number of methoxy groups -OCH3 is 1. The summed E-state index contributed by atoms with van der Waals surface area (Å²) in [5, 5.41) is 3.26. The van der Waals surface area contributed by atoms with Crippen molar-refractivity contribution < 1.29 is 4.74 Å². The van der Waals surface area contributed by atoms with Gasteiger partial charge >= 0.3 is 0 Å². The van der Waals surface area contributed by atoms with Crippen LogP contribution in [0.3, 0.4) is 0 Å². The van der Waals surface area contributed by atoms with Crippen LogP contribution in [-0.4, -0.2) is 23.6 Å². The van der Waals surface area contributed by atoms with Gasteiger partial charge in [-0.2, -0.15) is 0 Å². The van der Waals surface area contributed by atoms with Crippen LogP contribution < -0.4 is 5.32 Å². The van der Waals surface area contributed by atoms with Crippen molar-refractivity contribution in [3.63, 3.8) is 0 Å². The molecule has 2 aromatic rings. The average Bonchev–Trinajstić information content (AvgIpc) is 2.48. The molecular weight excluding hydrogens is 262 g/mol. The number of benzene rings is 1. The minimum Gasteiger partial charge on any atom is -0.378 e. The zero-order chi connectivity index (χ0) is 15.3. The van der Waals surface area contributed by atoms with Crippen molar-refractivity contribution in [1.29, 1.82) is 0 Å². The lowest BCUT2D eigenvalue weighted by Crippen LogP contribution is -2.24. The molecule has 0 saturated carbocycles. The second kappa shape index (κ2) is 6.68. The third kappa shape index (κ3) is 3.58. The van der Waals surface area contributed by atoms with Crippen LogP contribution in [0.2, 0.25) is 0 Å². The van der Waals surface area contributed by atoms with E-state index in [0.29, 0.717) is 6.61 Å². The molecule has 0 aliphatic rings. The molecule has 1 aromatic heterocycles. The molecule has 0 aliphatic carbocycles. The normalized spacial score (nSPS) is 11.4. The highest BCUT2D eigenvalue weighted by atomic mass is 16.5. The largest absolute Gasteiger partial charge is 0.378 e. The minimum atomic E-state index is -0.255. The third-order valence-electron chi connectivity index (χ3n) is 3.48. The summed E-state index contributed by atoms with van der Waals surface area (Å²) >= 11 is 0. The van der Waals surface area contributed by atoms with Crippen LogP contribution >= 0.6 is 0 Å². The van der Waals surface area contributed by atoms with Crippen LogP contribution in [0.15, 0.2) is 36.4 Å². The van der Waals surface area contributed by atoms with E-state index in [1.807, 2.05) is 24.3 Å². The van der Waals surface area contributed by atoms with E-state index in [1.165, 1.54) is 5.56 Å². The Balaban J connectivity index is 2.45. The highest BCUT2D eigenvalue weighted by Crippen LogP contribution is 2.29. The Morgan fingerprint density at radius 3 is 2.48 bits per heavy atom. The molecule has 2 rings (SSSR count). The minimum absolute atomic E-state index is 0.255. The molecule has 0 amide bonds. The Kier molecular flexibility index (Phi) is 4.91. The van der Waals surface area contributed by atoms with Gasteiger partial charge in [0.2, 0.25) is 0 Å². The molecular formula is C17H23N3O. The first kappa shape index (κ1) is 15.4. The molecule has 0 radical (unpaired) electrons. The number of ether oxygens (including phenoxy) is 1. The number of anilines is 1. The Bertz CT molecular complexity index is 558. The second-order valence-corrected chi connectivity index (χ2v) is 5.52. The number of rotatable bonds is 6. The molecule has 1 N–H and O–H groups in total. The fraction of sp³-hybridized carbons (Fsp3) is 0.412. The number of hydrogen-bond acceptors (Lipinski definition) is 4. The predicted molar refractivity (Wildman–Crippen MR) is 85.5 cm³/mol. The number of nitrogens with one attached hydrogen (secondary N) is 1. The lowest BCUT2D eigenvalue weighted by Gasteiger charge is -2.24. The number of hydrogen-bond donors (Lipinski definition) is 1. The molecule has 21 heavy (non-hydrogen) atoms. The van der Waals surface area contributed by atoms with E-state index in [1.54, 1.807) is 7.11 Å². The van der Waals surface area contributed by atoms with Gasteiger partial charge in [0.25, 0.3) is 0 Å². The van der Waals surface area contributed by atoms with Gasteiger partial charge in [0.15, 0.2) is 0 Å². The second-order valence-electron chi connectivity index (χ2n) is 5.52. The Morgan fingerprint density at radius 2 is 1.86 bits per heavy atom. The van der Waals surface area contributed by atoms with E-state index in [-0.39, 0.29) is 5.41 Å². The molecule has 1 aromatic carbocycles. The first-order valence-corrected chi connectivity index (χ1v) is 7.24. The Labute approximate surface area is 126 Å². The molecule has 0 aliphatic heterocycles. The average molecular weight is 285 g/mol. The van der Waals surface area contributed by atoms with Crippen LogP contribution in [0.1, 0.15) is 37.9 Å². The molecule has 0 spiro atoms. The van der Waals surface area contributed by atoms with Gasteiger partial charge in [-0.3, -0.25) is 0 Å². The summed E-state index contributed by atoms with van der Waals surface area (Å²) < 4.78 is 5.22. The van der Waals surface area contributed by atoms with Crippen molar-refractivity contribution in [3.8, 4) is 0 Å². The summed E-state index contributed by atoms with van der Waals surface area (Å²) in [5.74, 6) is 1.65. The Hall–Kier alpha value is -1.94. The van der Waals surface area contributed by atoms with Crippen molar-refractivity contribution in [2.75, 3.05) is 19.0 Å². The molecule has 1 heterocycles. The van der Waals surface area contributed by atoms with Gasteiger partial charge in [-0.25, -0.2) is 9.97 Å². The van der Waals surface area contributed by atoms with E-state index in [0.717, 1.165) is 23.9 Å². The van der Waals surface area contributed by atoms with E-state index < -0.39 is 0 Å². The van der Waals surface area contributed by atoms with Crippen LogP contribution in [0.25, 0.3) is 0 Å². The first-order valence-electron chi connectivity index (χ1n) is 7.24. The summed E-state index contributed by atoms with van der Waals surface area (Å²) in [7, 11) is 1.68. The van der Waals surface area contributed by atoms with Gasteiger partial charge < -0.3 is 10.1 Å². The number of aromatic nitrogens is 2. The molecule has 0 unspecified atom stereocenters. The molecule has 4 heteroatoms. The van der Waals surface area contributed by atoms with E-state index >= 15 is 0 Å². The standard InChI is InChI=1S/C17H23N3O/c1-5-18-15-11-14(12-21-4)19-16(20-15)17(2,3)13-9-7-6-8-10-13/h6-11H,5,12H2,1-4H3,(H,18,19,20). The molecule has 0 fully saturated rings. The third-order valence-corrected chi connectivity index (χ3v) is 3.48. The highest BCUT2D eigenvalue weighted by molar-refractivity contribution is 5.39. The molecule has 0 saturated heterocycles. The van der Waals surface area contributed by atoms with Crippen molar-refractivity contribution >= 4 is 5.82 Å². The quantitative estimate of drug-likeness (QED) is 0.884. The van der Waals surface area contributed by atoms with Crippen LogP contribution in [0, 0.1) is 0 Å². The maximum absolute atomic E-state index is 5.22. The predicted octanol–water partition coefficient (Wildman–Crippen LogP) is 3.38. The summed E-state index contributed by atoms with van der Waals surface area (Å²) in [6, 6.07) is 12.3. The Morgan fingerprint density at radius 1 is 1.14 bits per heavy atom. The molecule has 4 nitrogen and oxygen atoms in total. The molecule has 0 bridgehead atoms. The van der Waals surface area contributed by atoms with Gasteiger partial charge in [0.1, 0.15) is 11.6 Å². The van der Waals surface area contributed by atoms with Gasteiger partial charge in [-0.15, -0.1) is 0 Å². The summed E-state index contributed by atoms with van der Waals surface area (Å²) in [4.78, 5) is 9.35. The summed E-state index contributed by atoms with van der Waals surface area (Å²) in [5.41, 5.74) is 1.83. The highest BCUT2D eigenvalue weighted by Gasteiger charge is 2.27. The van der Waals surface area contributed by atoms with Crippen LogP contribution in [0.4, 0.5) is 5.82 Å². The van der Waals surface area contributed by atoms with Gasteiger partial charge in [-0.1, -0.05) is 30.3 Å². The molecule has 0 atom stereocenters. The topological polar surface area (TPSA) is 47.0 Å². The zero-order valence-corrected chi connectivity index (χ0v) is 13.2. The van der Waals surface area contributed by atoms with Crippen molar-refractivity contribution in [2.45, 2.75) is 32.8 Å². The van der Waals surface area contributed by atoms with E-state index in [2.05, 4.69) is 48.2 Å². The summed E-state index contributed by atoms with van der Waals surface area (Å²) in [6.45, 7) is 7.65. The van der Waals surface area contributed by atoms with Crippen molar-refractivity contribution in [3.05, 3.63) is 53.5 Å². The van der Waals surface area contributed by atoms with Gasteiger partial charge in [-0.05, 0) is 26.3 Å². The first-order chi connectivity index (χ1) is 10.1. The maximum atomic E-state index is 5.22. The fourth-order valence-electron chi connectivity index (χ4n) is 2.25. The monoisotopic (exact) mass is 285 g/mol. The van der Waals surface area contributed by atoms with Gasteiger partial charge in [0, 0.05) is 25.1 Å². The number of nitrogens with zero attached hydrogens (tertiary/aromatic N) is 2. The van der Waals surface area contributed by atoms with Crippen LogP contribution in [-0.2, 0) is 16.8 Å². The van der Waals surface area contributed by atoms with Crippen molar-refractivity contribution in [2.24, 2.45) is 0 Å². The van der Waals surface area contributed by atoms with Crippen LogP contribution in [0.5, 0.6) is 0 Å². The van der Waals surface area contributed by atoms with E-state index in [9.17, 15) is 0 Å². The fourth-order valence-corrected chi connectivity index (χ4v) is 2.25. The lowest BCUT2D eigenvalue weighted by atomic mass is 9.83. The van der Waals surface area contributed by atoms with Gasteiger partial charge in [0.05, 0.1) is 12.3 Å². The maximum Gasteiger partial charge on any atom is 0.141 e. The lowest BCUT2D eigenvalue weighted by molar-refractivity contribution is 0.181. The molecule has 112 valence electrons. The SMILES string of the molecule is CCNc1cc(COC)nc(C(C)(C)c2ccccc2)n1. The van der Waals surface area contributed by atoms with E-state index in [4.69, 9.17) is 4.74 Å². The zero-order valence-electron chi connectivity index (χ0n) is 13.2. The smallest absolute Gasteiger partial charge is 0.141 e. The van der Waals surface area contributed by atoms with Crippen molar-refractivity contribution in [1.82, 2.24) is 9.97 Å². The summed E-state index contributed by atoms with van der Waals surface area (Å²) in [6.07, 6.45) is 0.